The minimum atomic E-state index is 0.118. The van der Waals surface area contributed by atoms with E-state index in [0.717, 1.165) is 27.4 Å². The zero-order chi connectivity index (χ0) is 13.8. The molecule has 5 heteroatoms. The third-order valence-corrected chi connectivity index (χ3v) is 3.74. The highest BCUT2D eigenvalue weighted by molar-refractivity contribution is 7.15. The molecule has 0 spiro atoms. The van der Waals surface area contributed by atoms with E-state index in [1.54, 1.807) is 18.2 Å². The minimum absolute atomic E-state index is 0.118. The van der Waals surface area contributed by atoms with Gasteiger partial charge in [0.1, 0.15) is 11.3 Å². The fourth-order valence-electron chi connectivity index (χ4n) is 1.74. The molecule has 0 fully saturated rings. The number of carbonyl (C=O) groups is 1. The van der Waals surface area contributed by atoms with E-state index in [4.69, 9.17) is 4.74 Å². The largest absolute Gasteiger partial charge is 0.504 e. The van der Waals surface area contributed by atoms with Gasteiger partial charge < -0.3 is 14.6 Å². The summed E-state index contributed by atoms with van der Waals surface area (Å²) in [6.45, 7) is 4.30. The number of benzene rings is 1. The van der Waals surface area contributed by atoms with Gasteiger partial charge in [-0.3, -0.25) is 0 Å². The Morgan fingerprint density at radius 1 is 1.47 bits per heavy atom. The molecule has 0 bridgehead atoms. The predicted octanol–water partition coefficient (Wildman–Crippen LogP) is 2.96. The van der Waals surface area contributed by atoms with Crippen LogP contribution in [0.3, 0.4) is 0 Å². The number of rotatable bonds is 5. The summed E-state index contributed by atoms with van der Waals surface area (Å²) in [5, 5.41) is 10.5. The molecule has 0 radical (unpaired) electrons. The van der Waals surface area contributed by atoms with Gasteiger partial charge in [-0.05, 0) is 32.0 Å². The van der Waals surface area contributed by atoms with Crippen molar-refractivity contribution < 1.29 is 14.6 Å². The molecule has 4 nitrogen and oxygen atoms in total. The van der Waals surface area contributed by atoms with Gasteiger partial charge in [-0.15, -0.1) is 11.3 Å². The molecule has 1 aromatic carbocycles. The van der Waals surface area contributed by atoms with Crippen molar-refractivity contribution in [2.75, 3.05) is 6.61 Å². The summed E-state index contributed by atoms with van der Waals surface area (Å²) < 4.78 is 5.35. The van der Waals surface area contributed by atoms with Crippen molar-refractivity contribution in [3.8, 4) is 22.1 Å². The van der Waals surface area contributed by atoms with Gasteiger partial charge in [-0.2, -0.15) is 0 Å². The van der Waals surface area contributed by atoms with Gasteiger partial charge >= 0.3 is 0 Å². The monoisotopic (exact) mass is 277 g/mol. The normalized spacial score (nSPS) is 10.4. The molecule has 0 saturated heterocycles. The highest BCUT2D eigenvalue weighted by atomic mass is 32.1. The Balaban J connectivity index is 2.38. The molecule has 1 N–H and O–H groups in total. The molecular weight excluding hydrogens is 262 g/mol. The van der Waals surface area contributed by atoms with E-state index in [1.165, 1.54) is 11.3 Å². The Labute approximate surface area is 115 Å². The third kappa shape index (κ3) is 2.93. The van der Waals surface area contributed by atoms with E-state index in [9.17, 15) is 9.90 Å². The number of aryl methyl sites for hydroxylation is 1. The number of aldehydes is 1. The van der Waals surface area contributed by atoms with Gasteiger partial charge in [0.25, 0.3) is 0 Å². The molecule has 0 atom stereocenters. The average Bonchev–Trinajstić information content (AvgIpc) is 2.75. The molecule has 100 valence electrons. The topological polar surface area (TPSA) is 59.4 Å². The number of ether oxygens (including phenoxy) is 1. The number of hydrogen-bond donors (Lipinski definition) is 1. The molecule has 2 rings (SSSR count). The van der Waals surface area contributed by atoms with Gasteiger partial charge in [0.15, 0.2) is 11.5 Å². The summed E-state index contributed by atoms with van der Waals surface area (Å²) >= 11 is 1.53. The lowest BCUT2D eigenvalue weighted by Gasteiger charge is -2.06. The smallest absolute Gasteiger partial charge is 0.161 e. The van der Waals surface area contributed by atoms with E-state index in [2.05, 4.69) is 4.98 Å². The second-order valence-corrected chi connectivity index (χ2v) is 5.21. The van der Waals surface area contributed by atoms with E-state index >= 15 is 0 Å². The number of hydrogen-bond acceptors (Lipinski definition) is 5. The van der Waals surface area contributed by atoms with E-state index in [1.807, 2.05) is 13.8 Å². The van der Waals surface area contributed by atoms with Crippen LogP contribution in [0.1, 0.15) is 17.5 Å². The number of phenols is 1. The molecule has 0 unspecified atom stereocenters. The minimum Gasteiger partial charge on any atom is -0.504 e. The molecule has 0 aliphatic heterocycles. The summed E-state index contributed by atoms with van der Waals surface area (Å²) in [5.74, 6) is 0.566. The second kappa shape index (κ2) is 5.84. The van der Waals surface area contributed by atoms with Crippen molar-refractivity contribution in [3.63, 3.8) is 0 Å². The van der Waals surface area contributed by atoms with Crippen LogP contribution >= 0.6 is 11.3 Å². The van der Waals surface area contributed by atoms with Crippen LogP contribution < -0.4 is 4.74 Å². The Bertz CT molecular complexity index is 592. The van der Waals surface area contributed by atoms with Crippen molar-refractivity contribution in [1.82, 2.24) is 4.98 Å². The maximum absolute atomic E-state index is 10.6. The first-order valence-corrected chi connectivity index (χ1v) is 6.83. The SMILES string of the molecule is CCOc1cc(-c2nc(CC=O)c(C)s2)ccc1O. The van der Waals surface area contributed by atoms with Crippen molar-refractivity contribution in [3.05, 3.63) is 28.8 Å². The standard InChI is InChI=1S/C14H15NO3S/c1-3-18-13-8-10(4-5-12(13)17)14-15-11(6-7-16)9(2)19-14/h4-5,7-8,17H,3,6H2,1-2H3. The number of aromatic hydroxyl groups is 1. The van der Waals surface area contributed by atoms with Crippen LogP contribution in [0.5, 0.6) is 11.5 Å². The van der Waals surface area contributed by atoms with Crippen LogP contribution in [0, 0.1) is 6.92 Å². The van der Waals surface area contributed by atoms with E-state index < -0.39 is 0 Å². The number of nitrogens with zero attached hydrogens (tertiary/aromatic N) is 1. The summed E-state index contributed by atoms with van der Waals surface area (Å²) in [6.07, 6.45) is 1.19. The van der Waals surface area contributed by atoms with Crippen LogP contribution in [0.4, 0.5) is 0 Å². The molecule has 1 heterocycles. The Hall–Kier alpha value is -1.88. The maximum Gasteiger partial charge on any atom is 0.161 e. The molecular formula is C14H15NO3S. The third-order valence-electron chi connectivity index (χ3n) is 2.68. The Morgan fingerprint density at radius 3 is 2.95 bits per heavy atom. The first-order chi connectivity index (χ1) is 9.15. The molecule has 0 aliphatic rings. The Kier molecular flexibility index (Phi) is 4.16. The lowest BCUT2D eigenvalue weighted by Crippen LogP contribution is -1.92. The fraction of sp³-hybridized carbons (Fsp3) is 0.286. The van der Waals surface area contributed by atoms with E-state index in [-0.39, 0.29) is 5.75 Å². The fourth-order valence-corrected chi connectivity index (χ4v) is 2.68. The van der Waals surface area contributed by atoms with Crippen molar-refractivity contribution >= 4 is 17.6 Å². The van der Waals surface area contributed by atoms with Crippen molar-refractivity contribution in [1.29, 1.82) is 0 Å². The number of phenolic OH excluding ortho intramolecular Hbond substituents is 1. The van der Waals surface area contributed by atoms with Crippen LogP contribution in [-0.4, -0.2) is 23.0 Å². The van der Waals surface area contributed by atoms with Gasteiger partial charge in [0.2, 0.25) is 0 Å². The summed E-state index contributed by atoms with van der Waals surface area (Å²) in [7, 11) is 0. The lowest BCUT2D eigenvalue weighted by molar-refractivity contribution is -0.107. The average molecular weight is 277 g/mol. The summed E-state index contributed by atoms with van der Waals surface area (Å²) in [4.78, 5) is 16.1. The zero-order valence-corrected chi connectivity index (χ0v) is 11.7. The van der Waals surface area contributed by atoms with Crippen molar-refractivity contribution in [2.24, 2.45) is 0 Å². The highest BCUT2D eigenvalue weighted by Gasteiger charge is 2.11. The lowest BCUT2D eigenvalue weighted by atomic mass is 10.2. The van der Waals surface area contributed by atoms with Gasteiger partial charge in [0, 0.05) is 16.9 Å². The Morgan fingerprint density at radius 2 is 2.26 bits per heavy atom. The first kappa shape index (κ1) is 13.5. The highest BCUT2D eigenvalue weighted by Crippen LogP contribution is 2.34. The van der Waals surface area contributed by atoms with Crippen LogP contribution in [0.25, 0.3) is 10.6 Å². The molecule has 0 amide bonds. The van der Waals surface area contributed by atoms with Gasteiger partial charge in [0.05, 0.1) is 12.3 Å². The quantitative estimate of drug-likeness (QED) is 0.854. The summed E-state index contributed by atoms with van der Waals surface area (Å²) in [5.41, 5.74) is 1.69. The second-order valence-electron chi connectivity index (χ2n) is 4.01. The van der Waals surface area contributed by atoms with Crippen molar-refractivity contribution in [2.45, 2.75) is 20.3 Å². The number of thiazole rings is 1. The van der Waals surface area contributed by atoms with Gasteiger partial charge in [-0.1, -0.05) is 0 Å². The number of aromatic nitrogens is 1. The molecule has 0 saturated carbocycles. The van der Waals surface area contributed by atoms with E-state index in [0.29, 0.717) is 18.8 Å². The molecule has 1 aromatic heterocycles. The predicted molar refractivity (Wildman–Crippen MR) is 74.9 cm³/mol. The summed E-state index contributed by atoms with van der Waals surface area (Å²) in [6, 6.07) is 5.15. The molecule has 19 heavy (non-hydrogen) atoms. The van der Waals surface area contributed by atoms with Crippen LogP contribution in [0.2, 0.25) is 0 Å². The molecule has 2 aromatic rings. The first-order valence-electron chi connectivity index (χ1n) is 6.01. The number of carbonyl (C=O) groups excluding carboxylic acids is 1. The maximum atomic E-state index is 10.6. The zero-order valence-electron chi connectivity index (χ0n) is 10.8. The van der Waals surface area contributed by atoms with Crippen LogP contribution in [0.15, 0.2) is 18.2 Å². The van der Waals surface area contributed by atoms with Crippen LogP contribution in [-0.2, 0) is 11.2 Å². The molecule has 0 aliphatic carbocycles. The van der Waals surface area contributed by atoms with Gasteiger partial charge in [-0.25, -0.2) is 4.98 Å².